The van der Waals surface area contributed by atoms with Crippen molar-refractivity contribution in [2.75, 3.05) is 45.8 Å². The Bertz CT molecular complexity index is 633. The van der Waals surface area contributed by atoms with E-state index in [9.17, 15) is 9.59 Å². The monoisotopic (exact) mass is 377 g/mol. The van der Waals surface area contributed by atoms with Crippen molar-refractivity contribution in [3.05, 3.63) is 12.2 Å². The van der Waals surface area contributed by atoms with Gasteiger partial charge in [-0.25, -0.2) is 4.79 Å². The molecule has 9 heteroatoms. The van der Waals surface area contributed by atoms with Crippen molar-refractivity contribution in [3.63, 3.8) is 0 Å². The highest BCUT2D eigenvalue weighted by Crippen LogP contribution is 2.12. The predicted octanol–water partition coefficient (Wildman–Crippen LogP) is 0.699. The van der Waals surface area contributed by atoms with E-state index in [4.69, 9.17) is 0 Å². The number of likely N-dealkylation sites (tertiary alicyclic amines) is 1. The van der Waals surface area contributed by atoms with Crippen LogP contribution >= 0.6 is 0 Å². The first-order valence-electron chi connectivity index (χ1n) is 10.0. The fraction of sp³-hybridized carbons (Fsp3) is 0.778. The maximum absolute atomic E-state index is 12.5. The highest BCUT2D eigenvalue weighted by molar-refractivity contribution is 5.78. The van der Waals surface area contributed by atoms with Crippen molar-refractivity contribution in [3.8, 4) is 0 Å². The number of piperidine rings is 1. The average Bonchev–Trinajstić information content (AvgIpc) is 3.18. The molecule has 0 aliphatic carbocycles. The van der Waals surface area contributed by atoms with E-state index in [1.54, 1.807) is 6.33 Å². The lowest BCUT2D eigenvalue weighted by molar-refractivity contribution is -0.133. The molecule has 27 heavy (non-hydrogen) atoms. The van der Waals surface area contributed by atoms with Gasteiger partial charge in [-0.05, 0) is 33.1 Å². The molecule has 3 heterocycles. The fourth-order valence-corrected chi connectivity index (χ4v) is 3.73. The summed E-state index contributed by atoms with van der Waals surface area (Å²) in [5.41, 5.74) is 0. The largest absolute Gasteiger partial charge is 0.342 e. The lowest BCUT2D eigenvalue weighted by atomic mass is 10.1. The standard InChI is InChI=1S/C18H31N7O2/c1-3-23-14-19-21-17(23)15(2)20-18(27)25-11-9-22(10-12-25)13-16(26)24-7-5-4-6-8-24/h14-15H,3-13H2,1-2H3,(H,20,27)/t15-/m0/s1. The first-order valence-corrected chi connectivity index (χ1v) is 10.0. The number of nitrogens with one attached hydrogen (secondary N) is 1. The Morgan fingerprint density at radius 1 is 1.07 bits per heavy atom. The van der Waals surface area contributed by atoms with Crippen molar-refractivity contribution in [1.82, 2.24) is 34.8 Å². The highest BCUT2D eigenvalue weighted by Gasteiger charge is 2.26. The summed E-state index contributed by atoms with van der Waals surface area (Å²) in [5, 5.41) is 11.0. The summed E-state index contributed by atoms with van der Waals surface area (Å²) in [6.45, 7) is 9.67. The normalized spacial score (nSPS) is 19.8. The zero-order chi connectivity index (χ0) is 19.2. The Morgan fingerprint density at radius 2 is 1.78 bits per heavy atom. The minimum Gasteiger partial charge on any atom is -0.342 e. The van der Waals surface area contributed by atoms with Crippen LogP contribution in [-0.2, 0) is 11.3 Å². The first kappa shape index (κ1) is 19.6. The summed E-state index contributed by atoms with van der Waals surface area (Å²) in [4.78, 5) is 30.9. The van der Waals surface area contributed by atoms with Gasteiger partial charge >= 0.3 is 6.03 Å². The molecule has 2 aliphatic rings. The number of carbonyl (C=O) groups is 2. The average molecular weight is 377 g/mol. The lowest BCUT2D eigenvalue weighted by Crippen LogP contribution is -2.54. The molecule has 0 saturated carbocycles. The van der Waals surface area contributed by atoms with Crippen LogP contribution < -0.4 is 5.32 Å². The number of nitrogens with zero attached hydrogens (tertiary/aromatic N) is 6. The number of aromatic nitrogens is 3. The van der Waals surface area contributed by atoms with Gasteiger partial charge in [-0.1, -0.05) is 0 Å². The summed E-state index contributed by atoms with van der Waals surface area (Å²) in [5.74, 6) is 0.983. The number of amides is 3. The number of aryl methyl sites for hydroxylation is 1. The van der Waals surface area contributed by atoms with Gasteiger partial charge in [0.1, 0.15) is 6.33 Å². The van der Waals surface area contributed by atoms with Crippen LogP contribution in [0.25, 0.3) is 0 Å². The summed E-state index contributed by atoms with van der Waals surface area (Å²) in [6, 6.07) is -0.284. The van der Waals surface area contributed by atoms with Gasteiger partial charge in [0.15, 0.2) is 5.82 Å². The van der Waals surface area contributed by atoms with Gasteiger partial charge in [0.05, 0.1) is 12.6 Å². The molecule has 9 nitrogen and oxygen atoms in total. The Hall–Kier alpha value is -2.16. The summed E-state index contributed by atoms with van der Waals surface area (Å²) in [7, 11) is 0. The Morgan fingerprint density at radius 3 is 2.44 bits per heavy atom. The van der Waals surface area contributed by atoms with Gasteiger partial charge in [0, 0.05) is 45.8 Å². The van der Waals surface area contributed by atoms with E-state index in [1.165, 1.54) is 6.42 Å². The maximum Gasteiger partial charge on any atom is 0.318 e. The second kappa shape index (κ2) is 9.16. The maximum atomic E-state index is 12.5. The molecule has 3 rings (SSSR count). The molecule has 0 spiro atoms. The van der Waals surface area contributed by atoms with Gasteiger partial charge in [0.2, 0.25) is 5.91 Å². The van der Waals surface area contributed by atoms with Gasteiger partial charge < -0.3 is 19.7 Å². The number of hydrogen-bond donors (Lipinski definition) is 1. The number of carbonyl (C=O) groups excluding carboxylic acids is 2. The van der Waals surface area contributed by atoms with Crippen LogP contribution in [0.15, 0.2) is 6.33 Å². The molecule has 1 aromatic rings. The van der Waals surface area contributed by atoms with Crippen LogP contribution in [-0.4, -0.2) is 87.2 Å². The Balaban J connectivity index is 1.43. The van der Waals surface area contributed by atoms with E-state index in [0.717, 1.165) is 51.4 Å². The molecule has 2 fully saturated rings. The fourth-order valence-electron chi connectivity index (χ4n) is 3.73. The molecule has 0 aromatic carbocycles. The topological polar surface area (TPSA) is 86.6 Å². The number of piperazine rings is 1. The third-order valence-electron chi connectivity index (χ3n) is 5.44. The Labute approximate surface area is 160 Å². The number of rotatable bonds is 5. The van der Waals surface area contributed by atoms with E-state index in [2.05, 4.69) is 20.4 Å². The smallest absolute Gasteiger partial charge is 0.318 e. The Kier molecular flexibility index (Phi) is 6.65. The van der Waals surface area contributed by atoms with E-state index >= 15 is 0 Å². The van der Waals surface area contributed by atoms with Gasteiger partial charge in [-0.3, -0.25) is 9.69 Å². The molecule has 1 aromatic heterocycles. The molecule has 2 saturated heterocycles. The molecule has 1 N–H and O–H groups in total. The van der Waals surface area contributed by atoms with Crippen LogP contribution in [0.1, 0.15) is 45.0 Å². The number of urea groups is 1. The molecule has 0 radical (unpaired) electrons. The van der Waals surface area contributed by atoms with Crippen molar-refractivity contribution in [2.45, 2.75) is 45.7 Å². The van der Waals surface area contributed by atoms with Gasteiger partial charge in [0.25, 0.3) is 0 Å². The molecule has 1 atom stereocenters. The SMILES string of the molecule is CCn1cnnc1[C@H](C)NC(=O)N1CCN(CC(=O)N2CCCCC2)CC1. The summed E-state index contributed by atoms with van der Waals surface area (Å²) in [6.07, 6.45) is 5.13. The van der Waals surface area contributed by atoms with Crippen molar-refractivity contribution in [1.29, 1.82) is 0 Å². The predicted molar refractivity (Wildman–Crippen MR) is 101 cm³/mol. The zero-order valence-corrected chi connectivity index (χ0v) is 16.4. The van der Waals surface area contributed by atoms with Crippen LogP contribution in [0, 0.1) is 0 Å². The lowest BCUT2D eigenvalue weighted by Gasteiger charge is -2.36. The second-order valence-electron chi connectivity index (χ2n) is 7.35. The summed E-state index contributed by atoms with van der Waals surface area (Å²) >= 11 is 0. The molecule has 3 amide bonds. The third kappa shape index (κ3) is 4.97. The van der Waals surface area contributed by atoms with Gasteiger partial charge in [-0.15, -0.1) is 10.2 Å². The molecular weight excluding hydrogens is 346 g/mol. The van der Waals surface area contributed by atoms with E-state index in [-0.39, 0.29) is 18.0 Å². The van der Waals surface area contributed by atoms with Crippen LogP contribution in [0.5, 0.6) is 0 Å². The molecular formula is C18H31N7O2. The van der Waals surface area contributed by atoms with E-state index in [0.29, 0.717) is 19.6 Å². The van der Waals surface area contributed by atoms with Crippen LogP contribution in [0.4, 0.5) is 4.79 Å². The van der Waals surface area contributed by atoms with Crippen molar-refractivity contribution >= 4 is 11.9 Å². The van der Waals surface area contributed by atoms with Crippen LogP contribution in [0.2, 0.25) is 0 Å². The summed E-state index contributed by atoms with van der Waals surface area (Å²) < 4.78 is 1.93. The zero-order valence-electron chi connectivity index (χ0n) is 16.4. The van der Waals surface area contributed by atoms with Crippen LogP contribution in [0.3, 0.4) is 0 Å². The highest BCUT2D eigenvalue weighted by atomic mass is 16.2. The molecule has 150 valence electrons. The van der Waals surface area contributed by atoms with Gasteiger partial charge in [-0.2, -0.15) is 0 Å². The minimum atomic E-state index is -0.196. The first-order chi connectivity index (χ1) is 13.1. The van der Waals surface area contributed by atoms with E-state index < -0.39 is 0 Å². The third-order valence-corrected chi connectivity index (χ3v) is 5.44. The quantitative estimate of drug-likeness (QED) is 0.816. The second-order valence-corrected chi connectivity index (χ2v) is 7.35. The molecule has 2 aliphatic heterocycles. The van der Waals surface area contributed by atoms with Crippen molar-refractivity contribution in [2.24, 2.45) is 0 Å². The van der Waals surface area contributed by atoms with E-state index in [1.807, 2.05) is 28.2 Å². The molecule has 0 unspecified atom stereocenters. The van der Waals surface area contributed by atoms with Crippen molar-refractivity contribution < 1.29 is 9.59 Å². The number of hydrogen-bond acceptors (Lipinski definition) is 5. The minimum absolute atomic E-state index is 0.0878. The molecule has 0 bridgehead atoms.